The summed E-state index contributed by atoms with van der Waals surface area (Å²) in [5.41, 5.74) is 11.5. The zero-order chi connectivity index (χ0) is 30.8. The number of nitrogens with zero attached hydrogens (tertiary/aromatic N) is 5. The molecule has 4 aromatic heterocycles. The third kappa shape index (κ3) is 4.00. The molecule has 6 nitrogen and oxygen atoms in total. The first kappa shape index (κ1) is 26.4. The predicted octanol–water partition coefficient (Wildman–Crippen LogP) is 9.33. The van der Waals surface area contributed by atoms with Gasteiger partial charge in [0.2, 0.25) is 0 Å². The van der Waals surface area contributed by atoms with Crippen LogP contribution in [0.15, 0.2) is 134 Å². The lowest BCUT2D eigenvalue weighted by molar-refractivity contribution is 0.482. The average Bonchev–Trinajstić information content (AvgIpc) is 3.71. The number of fused-ring (bicyclic) bond motifs is 6. The van der Waals surface area contributed by atoms with E-state index in [9.17, 15) is 0 Å². The summed E-state index contributed by atoms with van der Waals surface area (Å²) in [5, 5.41) is 7.40. The van der Waals surface area contributed by atoms with Crippen molar-refractivity contribution in [2.45, 2.75) is 19.8 Å². The third-order valence-corrected chi connectivity index (χ3v) is 9.18. The molecule has 0 radical (unpaired) electrons. The van der Waals surface area contributed by atoms with E-state index in [4.69, 9.17) is 9.84 Å². The molecule has 8 aromatic rings. The lowest BCUT2D eigenvalue weighted by Gasteiger charge is -2.15. The second-order valence-electron chi connectivity index (χ2n) is 11.8. The van der Waals surface area contributed by atoms with Gasteiger partial charge in [0.05, 0.1) is 22.4 Å². The van der Waals surface area contributed by atoms with Gasteiger partial charge in [0.25, 0.3) is 0 Å². The molecule has 0 N–H and O–H groups in total. The molecule has 6 heteroatoms. The summed E-state index contributed by atoms with van der Waals surface area (Å²) in [6, 6.07) is 39.6. The second-order valence-corrected chi connectivity index (χ2v) is 11.8. The molecule has 4 heterocycles. The fourth-order valence-corrected chi connectivity index (χ4v) is 7.24. The Morgan fingerprint density at radius 2 is 1.46 bits per heavy atom. The molecule has 0 aliphatic heterocycles. The Balaban J connectivity index is 1.10. The zero-order valence-corrected chi connectivity index (χ0v) is 25.4. The van der Waals surface area contributed by atoms with E-state index in [0.29, 0.717) is 0 Å². The van der Waals surface area contributed by atoms with Crippen molar-refractivity contribution in [2.75, 3.05) is 0 Å². The molecule has 4 aromatic carbocycles. The van der Waals surface area contributed by atoms with E-state index >= 15 is 0 Å². The molecule has 0 saturated carbocycles. The summed E-state index contributed by atoms with van der Waals surface area (Å²) in [5.74, 6) is 2.46. The van der Waals surface area contributed by atoms with Crippen molar-refractivity contribution in [1.82, 2.24) is 24.3 Å². The van der Waals surface area contributed by atoms with Gasteiger partial charge in [-0.2, -0.15) is 5.10 Å². The van der Waals surface area contributed by atoms with Gasteiger partial charge in [-0.15, -0.1) is 0 Å². The van der Waals surface area contributed by atoms with Crippen molar-refractivity contribution in [3.63, 3.8) is 0 Å². The quantitative estimate of drug-likeness (QED) is 0.199. The van der Waals surface area contributed by atoms with Gasteiger partial charge in [0.1, 0.15) is 17.3 Å². The second kappa shape index (κ2) is 10.3. The van der Waals surface area contributed by atoms with Crippen LogP contribution in [0.4, 0.5) is 0 Å². The van der Waals surface area contributed by atoms with Gasteiger partial charge in [0.15, 0.2) is 0 Å². The molecule has 0 saturated heterocycles. The van der Waals surface area contributed by atoms with E-state index in [1.807, 2.05) is 59.7 Å². The van der Waals surface area contributed by atoms with Gasteiger partial charge in [-0.25, -0.2) is 9.67 Å². The van der Waals surface area contributed by atoms with E-state index in [1.165, 1.54) is 33.2 Å². The summed E-state index contributed by atoms with van der Waals surface area (Å²) in [4.78, 5) is 9.16. The highest BCUT2D eigenvalue weighted by Gasteiger charge is 2.33. The minimum atomic E-state index is 0.0886. The molecule has 1 unspecified atom stereocenters. The van der Waals surface area contributed by atoms with Crippen molar-refractivity contribution < 1.29 is 4.74 Å². The number of ether oxygens (including phenoxy) is 1. The number of aromatic nitrogens is 5. The smallest absolute Gasteiger partial charge is 0.137 e. The summed E-state index contributed by atoms with van der Waals surface area (Å²) < 4.78 is 10.8. The molecule has 0 fully saturated rings. The molecule has 1 aliphatic rings. The van der Waals surface area contributed by atoms with Gasteiger partial charge >= 0.3 is 0 Å². The van der Waals surface area contributed by atoms with Crippen LogP contribution in [0.5, 0.6) is 11.5 Å². The first-order valence-corrected chi connectivity index (χ1v) is 15.5. The van der Waals surface area contributed by atoms with Crippen LogP contribution >= 0.6 is 0 Å². The topological polar surface area (TPSA) is 57.8 Å². The van der Waals surface area contributed by atoms with Gasteiger partial charge in [0, 0.05) is 58.7 Å². The normalized spacial score (nSPS) is 13.7. The first-order chi connectivity index (χ1) is 22.7. The maximum Gasteiger partial charge on any atom is 0.137 e. The Morgan fingerprint density at radius 1 is 0.652 bits per heavy atom. The van der Waals surface area contributed by atoms with Crippen molar-refractivity contribution in [3.8, 4) is 34.1 Å². The van der Waals surface area contributed by atoms with Crippen LogP contribution in [0, 0.1) is 13.8 Å². The van der Waals surface area contributed by atoms with Gasteiger partial charge in [-0.05, 0) is 84.6 Å². The molecule has 0 bridgehead atoms. The van der Waals surface area contributed by atoms with Crippen LogP contribution in [0.25, 0.3) is 44.4 Å². The molecular weight excluding hydrogens is 566 g/mol. The Hall–Kier alpha value is -6.01. The van der Waals surface area contributed by atoms with Crippen molar-refractivity contribution in [3.05, 3.63) is 162 Å². The van der Waals surface area contributed by atoms with Crippen molar-refractivity contribution >= 4 is 21.8 Å². The van der Waals surface area contributed by atoms with Crippen molar-refractivity contribution in [2.24, 2.45) is 0 Å². The lowest BCUT2D eigenvalue weighted by Crippen LogP contribution is -2.04. The predicted molar refractivity (Wildman–Crippen MR) is 182 cm³/mol. The van der Waals surface area contributed by atoms with Crippen LogP contribution in [-0.4, -0.2) is 24.3 Å². The highest BCUT2D eigenvalue weighted by molar-refractivity contribution is 6.09. The highest BCUT2D eigenvalue weighted by Crippen LogP contribution is 2.49. The molecule has 1 aliphatic carbocycles. The van der Waals surface area contributed by atoms with E-state index < -0.39 is 0 Å². The maximum absolute atomic E-state index is 6.52. The molecule has 9 rings (SSSR count). The van der Waals surface area contributed by atoms with Crippen molar-refractivity contribution in [1.29, 1.82) is 0 Å². The number of benzene rings is 4. The number of hydrogen-bond acceptors (Lipinski definition) is 4. The summed E-state index contributed by atoms with van der Waals surface area (Å²) in [7, 11) is 0. The maximum atomic E-state index is 6.52. The standard InChI is InChI=1S/C40H29N5O/c1-25-39(40-34-14-4-3-12-30(34)31-19-21-41-24-35(31)40)26(2)45(43-25)27-10-9-11-28(22-27)46-29-17-18-33-32-13-5-6-15-36(32)44(37(33)23-29)38-16-7-8-20-42-38/h3-24,40H,1-2H3. The van der Waals surface area contributed by atoms with E-state index in [1.54, 1.807) is 0 Å². The number of rotatable bonds is 5. The zero-order valence-electron chi connectivity index (χ0n) is 25.4. The first-order valence-electron chi connectivity index (χ1n) is 15.5. The minimum Gasteiger partial charge on any atom is -0.457 e. The fourth-order valence-electron chi connectivity index (χ4n) is 7.24. The lowest BCUT2D eigenvalue weighted by atomic mass is 9.88. The number of aryl methyl sites for hydroxylation is 1. The number of pyridine rings is 2. The molecule has 46 heavy (non-hydrogen) atoms. The average molecular weight is 596 g/mol. The molecule has 0 amide bonds. The minimum absolute atomic E-state index is 0.0886. The number of hydrogen-bond donors (Lipinski definition) is 0. The Bertz CT molecular complexity index is 2390. The molecule has 0 spiro atoms. The highest BCUT2D eigenvalue weighted by atomic mass is 16.5. The van der Waals surface area contributed by atoms with Crippen LogP contribution in [0.3, 0.4) is 0 Å². The Kier molecular flexibility index (Phi) is 5.90. The van der Waals surface area contributed by atoms with Crippen LogP contribution in [0.1, 0.15) is 34.0 Å². The van der Waals surface area contributed by atoms with Gasteiger partial charge in [-0.1, -0.05) is 54.6 Å². The van der Waals surface area contributed by atoms with E-state index in [-0.39, 0.29) is 5.92 Å². The van der Waals surface area contributed by atoms with Gasteiger partial charge in [-0.3, -0.25) is 9.55 Å². The van der Waals surface area contributed by atoms with Gasteiger partial charge < -0.3 is 4.74 Å². The molecule has 220 valence electrons. The number of para-hydroxylation sites is 1. The third-order valence-electron chi connectivity index (χ3n) is 9.18. The fraction of sp³-hybridized carbons (Fsp3) is 0.0750. The van der Waals surface area contributed by atoms with Crippen LogP contribution < -0.4 is 4.74 Å². The summed E-state index contributed by atoms with van der Waals surface area (Å²) >= 11 is 0. The Morgan fingerprint density at radius 3 is 2.37 bits per heavy atom. The van der Waals surface area contributed by atoms with Crippen LogP contribution in [0.2, 0.25) is 0 Å². The monoisotopic (exact) mass is 595 g/mol. The van der Waals surface area contributed by atoms with E-state index in [2.05, 4.69) is 107 Å². The Labute approximate surface area is 266 Å². The summed E-state index contributed by atoms with van der Waals surface area (Å²) in [6.45, 7) is 4.26. The summed E-state index contributed by atoms with van der Waals surface area (Å²) in [6.07, 6.45) is 5.71. The van der Waals surface area contributed by atoms with E-state index in [0.717, 1.165) is 50.8 Å². The van der Waals surface area contributed by atoms with Crippen LogP contribution in [-0.2, 0) is 0 Å². The SMILES string of the molecule is Cc1nn(-c2cccc(Oc3ccc4c5ccccc5n(-c5ccccn5)c4c3)c2)c(C)c1C1c2ccccc2-c2ccncc21. The molecule has 1 atom stereocenters. The molecular formula is C40H29N5O. The largest absolute Gasteiger partial charge is 0.457 e.